The number of amides is 1. The molecule has 0 aliphatic heterocycles. The minimum atomic E-state index is -3.71. The zero-order chi connectivity index (χ0) is 22.3. The number of hydrogen-bond acceptors (Lipinski definition) is 4. The molecule has 7 heteroatoms. The summed E-state index contributed by atoms with van der Waals surface area (Å²) >= 11 is 0. The highest BCUT2D eigenvalue weighted by atomic mass is 32.2. The van der Waals surface area contributed by atoms with Gasteiger partial charge in [0.05, 0.1) is 4.90 Å². The molecule has 0 saturated carbocycles. The largest absolute Gasteiger partial charge is 0.481 e. The Labute approximate surface area is 183 Å². The molecule has 1 atom stereocenters. The van der Waals surface area contributed by atoms with E-state index in [-0.39, 0.29) is 10.8 Å². The third kappa shape index (κ3) is 6.08. The Balaban J connectivity index is 1.64. The molecule has 0 bridgehead atoms. The summed E-state index contributed by atoms with van der Waals surface area (Å²) < 4.78 is 33.4. The summed E-state index contributed by atoms with van der Waals surface area (Å²) in [5.74, 6) is 0.340. The molecule has 0 unspecified atom stereocenters. The number of ether oxygens (including phenoxy) is 1. The number of carbonyl (C=O) groups is 1. The number of nitrogens with one attached hydrogen (secondary N) is 2. The van der Waals surface area contributed by atoms with Gasteiger partial charge in [-0.15, -0.1) is 0 Å². The molecule has 31 heavy (non-hydrogen) atoms. The summed E-state index contributed by atoms with van der Waals surface area (Å²) in [6.07, 6.45) is 0.773. The van der Waals surface area contributed by atoms with Crippen LogP contribution in [0.5, 0.6) is 5.75 Å². The summed E-state index contributed by atoms with van der Waals surface area (Å²) in [5.41, 5.74) is 2.17. The molecule has 0 aromatic heterocycles. The van der Waals surface area contributed by atoms with Crippen molar-refractivity contribution in [2.45, 2.75) is 37.7 Å². The van der Waals surface area contributed by atoms with Gasteiger partial charge < -0.3 is 10.1 Å². The molecule has 1 amide bonds. The molecule has 0 heterocycles. The third-order valence-corrected chi connectivity index (χ3v) is 6.13. The van der Waals surface area contributed by atoms with Crippen LogP contribution in [0.25, 0.3) is 0 Å². The molecular formula is C24H26N2O4S. The van der Waals surface area contributed by atoms with Crippen molar-refractivity contribution in [2.75, 3.05) is 10.0 Å². The topological polar surface area (TPSA) is 84.5 Å². The first kappa shape index (κ1) is 22.4. The van der Waals surface area contributed by atoms with E-state index in [4.69, 9.17) is 4.74 Å². The van der Waals surface area contributed by atoms with Crippen LogP contribution in [0.4, 0.5) is 11.4 Å². The molecule has 3 aromatic carbocycles. The molecular weight excluding hydrogens is 412 g/mol. The Morgan fingerprint density at radius 2 is 1.52 bits per heavy atom. The summed E-state index contributed by atoms with van der Waals surface area (Å²) in [7, 11) is -3.71. The summed E-state index contributed by atoms with van der Waals surface area (Å²) in [5, 5.41) is 2.78. The second kappa shape index (κ2) is 10.1. The molecule has 0 saturated heterocycles. The maximum atomic E-state index is 12.6. The maximum Gasteiger partial charge on any atom is 0.265 e. The predicted molar refractivity (Wildman–Crippen MR) is 123 cm³/mol. The molecule has 0 spiro atoms. The summed E-state index contributed by atoms with van der Waals surface area (Å²) in [6.45, 7) is 3.95. The van der Waals surface area contributed by atoms with Crippen molar-refractivity contribution in [2.24, 2.45) is 0 Å². The highest BCUT2D eigenvalue weighted by molar-refractivity contribution is 7.92. The lowest BCUT2D eigenvalue weighted by molar-refractivity contribution is -0.122. The van der Waals surface area contributed by atoms with Gasteiger partial charge >= 0.3 is 0 Å². The van der Waals surface area contributed by atoms with Gasteiger partial charge in [0.1, 0.15) is 5.75 Å². The van der Waals surface area contributed by atoms with Gasteiger partial charge in [-0.3, -0.25) is 9.52 Å². The first-order chi connectivity index (χ1) is 14.9. The number of aryl methyl sites for hydroxylation is 1. The Bertz CT molecular complexity index is 1100. The zero-order valence-corrected chi connectivity index (χ0v) is 18.4. The number of anilines is 2. The SMILES string of the molecule is CCc1ccc(O[C@@H](CC)C(=O)Nc2ccc(S(=O)(=O)Nc3ccccc3)cc2)cc1. The second-order valence-corrected chi connectivity index (χ2v) is 8.68. The molecule has 0 fully saturated rings. The van der Waals surface area contributed by atoms with E-state index in [0.717, 1.165) is 6.42 Å². The molecule has 2 N–H and O–H groups in total. The lowest BCUT2D eigenvalue weighted by atomic mass is 10.1. The molecule has 0 radical (unpaired) electrons. The average molecular weight is 439 g/mol. The number of hydrogen-bond donors (Lipinski definition) is 2. The Morgan fingerprint density at radius 1 is 0.871 bits per heavy atom. The van der Waals surface area contributed by atoms with E-state index in [0.29, 0.717) is 23.5 Å². The molecule has 3 aromatic rings. The van der Waals surface area contributed by atoms with Crippen molar-refractivity contribution < 1.29 is 17.9 Å². The lowest BCUT2D eigenvalue weighted by Gasteiger charge is -2.17. The second-order valence-electron chi connectivity index (χ2n) is 7.00. The first-order valence-corrected chi connectivity index (χ1v) is 11.6. The fourth-order valence-electron chi connectivity index (χ4n) is 2.95. The van der Waals surface area contributed by atoms with Crippen LogP contribution in [0.15, 0.2) is 83.8 Å². The summed E-state index contributed by atoms with van der Waals surface area (Å²) in [6, 6.07) is 22.3. The highest BCUT2D eigenvalue weighted by Gasteiger charge is 2.19. The van der Waals surface area contributed by atoms with Crippen molar-refractivity contribution in [1.29, 1.82) is 0 Å². The summed E-state index contributed by atoms with van der Waals surface area (Å²) in [4.78, 5) is 12.7. The molecule has 162 valence electrons. The van der Waals surface area contributed by atoms with Gasteiger partial charge in [0.15, 0.2) is 6.10 Å². The smallest absolute Gasteiger partial charge is 0.265 e. The normalized spacial score (nSPS) is 12.1. The first-order valence-electron chi connectivity index (χ1n) is 10.2. The van der Waals surface area contributed by atoms with Crippen LogP contribution in [-0.2, 0) is 21.2 Å². The fourth-order valence-corrected chi connectivity index (χ4v) is 4.01. The Morgan fingerprint density at radius 3 is 2.10 bits per heavy atom. The van der Waals surface area contributed by atoms with E-state index in [2.05, 4.69) is 17.0 Å². The van der Waals surface area contributed by atoms with Crippen LogP contribution in [0.3, 0.4) is 0 Å². The van der Waals surface area contributed by atoms with E-state index >= 15 is 0 Å². The number of sulfonamides is 1. The van der Waals surface area contributed by atoms with E-state index in [1.165, 1.54) is 17.7 Å². The molecule has 6 nitrogen and oxygen atoms in total. The molecule has 0 aliphatic carbocycles. The van der Waals surface area contributed by atoms with Crippen molar-refractivity contribution >= 4 is 27.3 Å². The van der Waals surface area contributed by atoms with Gasteiger partial charge in [0, 0.05) is 11.4 Å². The van der Waals surface area contributed by atoms with E-state index in [9.17, 15) is 13.2 Å². The van der Waals surface area contributed by atoms with Crippen LogP contribution in [0, 0.1) is 0 Å². The van der Waals surface area contributed by atoms with Crippen LogP contribution >= 0.6 is 0 Å². The van der Waals surface area contributed by atoms with Crippen LogP contribution < -0.4 is 14.8 Å². The van der Waals surface area contributed by atoms with Gasteiger partial charge in [-0.25, -0.2) is 8.42 Å². The monoisotopic (exact) mass is 438 g/mol. The van der Waals surface area contributed by atoms with Gasteiger partial charge in [0.2, 0.25) is 0 Å². The van der Waals surface area contributed by atoms with E-state index in [1.54, 1.807) is 36.4 Å². The van der Waals surface area contributed by atoms with E-state index in [1.807, 2.05) is 37.3 Å². The highest BCUT2D eigenvalue weighted by Crippen LogP contribution is 2.20. The van der Waals surface area contributed by atoms with Crippen LogP contribution in [-0.4, -0.2) is 20.4 Å². The van der Waals surface area contributed by atoms with Crippen LogP contribution in [0.1, 0.15) is 25.8 Å². The van der Waals surface area contributed by atoms with Crippen molar-refractivity contribution in [1.82, 2.24) is 0 Å². The predicted octanol–water partition coefficient (Wildman–Crippen LogP) is 4.85. The Hall–Kier alpha value is -3.32. The fraction of sp³-hybridized carbons (Fsp3) is 0.208. The standard InChI is InChI=1S/C24H26N2O4S/c1-3-18-10-14-21(15-11-18)30-23(4-2)24(27)25-19-12-16-22(17-13-19)31(28,29)26-20-8-6-5-7-9-20/h5-17,23,26H,3-4H2,1-2H3,(H,25,27)/t23-/m0/s1. The average Bonchev–Trinajstić information content (AvgIpc) is 2.78. The zero-order valence-electron chi connectivity index (χ0n) is 17.5. The van der Waals surface area contributed by atoms with Gasteiger partial charge in [-0.05, 0) is 66.9 Å². The third-order valence-electron chi connectivity index (χ3n) is 4.73. The number of rotatable bonds is 9. The lowest BCUT2D eigenvalue weighted by Crippen LogP contribution is -2.32. The number of carbonyl (C=O) groups excluding carboxylic acids is 1. The maximum absolute atomic E-state index is 12.6. The van der Waals surface area contributed by atoms with Crippen LogP contribution in [0.2, 0.25) is 0 Å². The van der Waals surface area contributed by atoms with E-state index < -0.39 is 16.1 Å². The van der Waals surface area contributed by atoms with Gasteiger partial charge in [0.25, 0.3) is 15.9 Å². The molecule has 3 rings (SSSR count). The van der Waals surface area contributed by atoms with Gasteiger partial charge in [-0.1, -0.05) is 44.2 Å². The number of para-hydroxylation sites is 1. The van der Waals surface area contributed by atoms with Crippen molar-refractivity contribution in [3.05, 3.63) is 84.4 Å². The van der Waals surface area contributed by atoms with Crippen molar-refractivity contribution in [3.63, 3.8) is 0 Å². The molecule has 0 aliphatic rings. The number of benzene rings is 3. The van der Waals surface area contributed by atoms with Crippen molar-refractivity contribution in [3.8, 4) is 5.75 Å². The minimum absolute atomic E-state index is 0.105. The minimum Gasteiger partial charge on any atom is -0.481 e. The quantitative estimate of drug-likeness (QED) is 0.500. The van der Waals surface area contributed by atoms with Gasteiger partial charge in [-0.2, -0.15) is 0 Å². The Kier molecular flexibility index (Phi) is 7.31.